The number of hydrogen-bond donors (Lipinski definition) is 1. The molecule has 0 aromatic carbocycles. The molecular weight excluding hydrogens is 132 g/mol. The molecule has 1 saturated heterocycles. The molecule has 0 saturated carbocycles. The third-order valence-corrected chi connectivity index (χ3v) is 1.32. The molecule has 0 aromatic rings. The van der Waals surface area contributed by atoms with Gasteiger partial charge in [0.2, 0.25) is 0 Å². The van der Waals surface area contributed by atoms with Crippen LogP contribution in [0.25, 0.3) is 0 Å². The Labute approximate surface area is 61.7 Å². The van der Waals surface area contributed by atoms with E-state index in [1.807, 2.05) is 0 Å². The number of nitriles is 1. The molecule has 2 N–H and O–H groups in total. The van der Waals surface area contributed by atoms with Gasteiger partial charge in [-0.3, -0.25) is 0 Å². The fraction of sp³-hybridized carbons (Fsp3) is 0.833. The molecule has 52 valence electrons. The zero-order valence-corrected chi connectivity index (χ0v) is 6.28. The molecule has 0 atom stereocenters. The first-order chi connectivity index (χ1) is 4.41. The summed E-state index contributed by atoms with van der Waals surface area (Å²) in [5, 5.41) is 10.9. The Morgan fingerprint density at radius 3 is 1.78 bits per heavy atom. The van der Waals surface area contributed by atoms with Gasteiger partial charge in [0.05, 0.1) is 13.1 Å². The van der Waals surface area contributed by atoms with E-state index < -0.39 is 0 Å². The molecule has 0 bridgehead atoms. The summed E-state index contributed by atoms with van der Waals surface area (Å²) in [5.41, 5.74) is 0. The quantitative estimate of drug-likeness (QED) is 0.376. The van der Waals surface area contributed by atoms with Crippen molar-refractivity contribution in [2.45, 2.75) is 19.3 Å². The van der Waals surface area contributed by atoms with Crippen LogP contribution in [0.15, 0.2) is 0 Å². The van der Waals surface area contributed by atoms with Gasteiger partial charge in [-0.25, -0.2) is 5.26 Å². The second kappa shape index (κ2) is 7.67. The molecule has 1 fully saturated rings. The molecule has 0 aliphatic carbocycles. The van der Waals surface area contributed by atoms with E-state index in [1.54, 1.807) is 0 Å². The molecule has 0 spiro atoms. The summed E-state index contributed by atoms with van der Waals surface area (Å²) in [7, 11) is 0. The largest absolute Gasteiger partial charge is 0.696 e. The van der Waals surface area contributed by atoms with Gasteiger partial charge in [0.15, 0.2) is 0 Å². The van der Waals surface area contributed by atoms with Crippen LogP contribution in [0.2, 0.25) is 0 Å². The Morgan fingerprint density at radius 2 is 1.67 bits per heavy atom. The second-order valence-corrected chi connectivity index (χ2v) is 2.20. The van der Waals surface area contributed by atoms with Gasteiger partial charge in [-0.05, 0) is 19.3 Å². The number of hydrogen-bond acceptors (Lipinski definition) is 2. The Balaban J connectivity index is 0.000000187. The van der Waals surface area contributed by atoms with E-state index in [1.165, 1.54) is 37.8 Å². The highest BCUT2D eigenvalue weighted by atomic mass is 32.1. The van der Waals surface area contributed by atoms with Crippen LogP contribution in [0.1, 0.15) is 19.3 Å². The van der Waals surface area contributed by atoms with Crippen molar-refractivity contribution in [3.63, 3.8) is 0 Å². The fourth-order valence-electron chi connectivity index (χ4n) is 0.898. The highest BCUT2D eigenvalue weighted by Gasteiger charge is 1.97. The van der Waals surface area contributed by atoms with Crippen LogP contribution in [0.4, 0.5) is 0 Å². The minimum absolute atomic E-state index is 1.33. The van der Waals surface area contributed by atoms with Crippen LogP contribution < -0.4 is 5.32 Å². The molecule has 1 aliphatic rings. The summed E-state index contributed by atoms with van der Waals surface area (Å²) in [4.78, 5) is 0. The molecule has 0 amide bonds. The Hall–Kier alpha value is -0.330. The first-order valence-corrected chi connectivity index (χ1v) is 3.65. The first-order valence-electron chi connectivity index (χ1n) is 3.24. The van der Waals surface area contributed by atoms with Crippen LogP contribution in [0.5, 0.6) is 0 Å². The lowest BCUT2D eigenvalue weighted by molar-refractivity contribution is -0.662. The molecule has 0 unspecified atom stereocenters. The van der Waals surface area contributed by atoms with Crippen LogP contribution in [0.3, 0.4) is 0 Å². The molecular formula is C6H12N2S. The monoisotopic (exact) mass is 144 g/mol. The minimum atomic E-state index is 1.33. The highest BCUT2D eigenvalue weighted by Crippen LogP contribution is 1.91. The second-order valence-electron chi connectivity index (χ2n) is 2.02. The van der Waals surface area contributed by atoms with Gasteiger partial charge in [-0.2, -0.15) is 0 Å². The summed E-state index contributed by atoms with van der Waals surface area (Å²) in [6, 6.07) is 0. The van der Waals surface area contributed by atoms with Crippen molar-refractivity contribution in [2.75, 3.05) is 13.1 Å². The Kier molecular flexibility index (Phi) is 7.39. The number of piperidine rings is 1. The normalized spacial score (nSPS) is 16.8. The zero-order chi connectivity index (χ0) is 6.95. The van der Waals surface area contributed by atoms with Gasteiger partial charge in [0.25, 0.3) is 0 Å². The van der Waals surface area contributed by atoms with Crippen molar-refractivity contribution < 1.29 is 5.32 Å². The van der Waals surface area contributed by atoms with Gasteiger partial charge in [-0.1, -0.05) is 5.40 Å². The first kappa shape index (κ1) is 8.67. The number of quaternary nitrogens is 1. The Bertz CT molecular complexity index is 72.0. The fourth-order valence-corrected chi connectivity index (χ4v) is 0.898. The molecule has 0 radical (unpaired) electrons. The van der Waals surface area contributed by atoms with Gasteiger partial charge < -0.3 is 17.9 Å². The summed E-state index contributed by atoms with van der Waals surface area (Å²) >= 11 is 3.70. The smallest absolute Gasteiger partial charge is 0.0755 e. The lowest BCUT2D eigenvalue weighted by Gasteiger charge is -2.05. The predicted molar refractivity (Wildman–Crippen MR) is 38.5 cm³/mol. The van der Waals surface area contributed by atoms with E-state index in [0.717, 1.165) is 0 Å². The summed E-state index contributed by atoms with van der Waals surface area (Å²) in [6.07, 6.45) is 4.36. The third kappa shape index (κ3) is 7.67. The van der Waals surface area contributed by atoms with Crippen molar-refractivity contribution in [3.8, 4) is 5.40 Å². The molecule has 0 aromatic heterocycles. The van der Waals surface area contributed by atoms with E-state index in [-0.39, 0.29) is 0 Å². The predicted octanol–water partition coefficient (Wildman–Crippen LogP) is -0.252. The summed E-state index contributed by atoms with van der Waals surface area (Å²) < 4.78 is 0. The van der Waals surface area contributed by atoms with E-state index in [4.69, 9.17) is 5.26 Å². The van der Waals surface area contributed by atoms with Crippen molar-refractivity contribution in [1.29, 1.82) is 5.26 Å². The lowest BCUT2D eigenvalue weighted by Crippen LogP contribution is -2.85. The van der Waals surface area contributed by atoms with Crippen LogP contribution in [-0.2, 0) is 12.6 Å². The van der Waals surface area contributed by atoms with Gasteiger partial charge >= 0.3 is 0 Å². The number of nitrogens with zero attached hydrogens (tertiary/aromatic N) is 1. The van der Waals surface area contributed by atoms with Crippen LogP contribution in [0, 0.1) is 10.7 Å². The van der Waals surface area contributed by atoms with Gasteiger partial charge in [0, 0.05) is 0 Å². The average molecular weight is 144 g/mol. The van der Waals surface area contributed by atoms with Crippen LogP contribution in [-0.4, -0.2) is 13.1 Å². The van der Waals surface area contributed by atoms with E-state index in [0.29, 0.717) is 0 Å². The van der Waals surface area contributed by atoms with Crippen molar-refractivity contribution in [3.05, 3.63) is 0 Å². The van der Waals surface area contributed by atoms with Gasteiger partial charge in [-0.15, -0.1) is 0 Å². The number of thiocyanates is 1. The zero-order valence-electron chi connectivity index (χ0n) is 5.47. The van der Waals surface area contributed by atoms with Crippen molar-refractivity contribution in [1.82, 2.24) is 0 Å². The maximum absolute atomic E-state index is 7.13. The third-order valence-electron chi connectivity index (χ3n) is 1.32. The summed E-state index contributed by atoms with van der Waals surface area (Å²) in [6.45, 7) is 2.75. The Morgan fingerprint density at radius 1 is 1.22 bits per heavy atom. The van der Waals surface area contributed by atoms with Crippen molar-refractivity contribution >= 4 is 12.6 Å². The minimum Gasteiger partial charge on any atom is -0.696 e. The van der Waals surface area contributed by atoms with Crippen LogP contribution >= 0.6 is 0 Å². The van der Waals surface area contributed by atoms with Crippen molar-refractivity contribution in [2.24, 2.45) is 0 Å². The SMILES string of the molecule is C1CC[NH2+]CC1.N#C[S-]. The van der Waals surface area contributed by atoms with E-state index in [2.05, 4.69) is 17.9 Å². The molecule has 2 nitrogen and oxygen atoms in total. The molecule has 1 rings (SSSR count). The lowest BCUT2D eigenvalue weighted by atomic mass is 10.2. The molecule has 1 heterocycles. The summed E-state index contributed by atoms with van der Waals surface area (Å²) in [5.74, 6) is 0. The van der Waals surface area contributed by atoms with E-state index >= 15 is 0 Å². The average Bonchev–Trinajstić information content (AvgIpc) is 1.93. The number of rotatable bonds is 0. The topological polar surface area (TPSA) is 40.4 Å². The molecule has 3 heteroatoms. The maximum Gasteiger partial charge on any atom is 0.0755 e. The maximum atomic E-state index is 7.13. The molecule has 1 aliphatic heterocycles. The number of nitrogens with two attached hydrogens (primary N) is 1. The highest BCUT2D eigenvalue weighted by molar-refractivity contribution is 7.64. The van der Waals surface area contributed by atoms with Gasteiger partial charge in [0.1, 0.15) is 0 Å². The molecule has 9 heavy (non-hydrogen) atoms. The standard InChI is InChI=1S/C5H11N.CHNS/c1-2-4-6-5-3-1;2-1-3/h6H,1-5H2;3H. The van der Waals surface area contributed by atoms with E-state index in [9.17, 15) is 0 Å².